The molecule has 1 aliphatic carbocycles. The van der Waals surface area contributed by atoms with Crippen molar-refractivity contribution in [2.24, 2.45) is 11.7 Å². The molecule has 0 atom stereocenters. The molecule has 0 amide bonds. The smallest absolute Gasteiger partial charge is 0.258 e. The van der Waals surface area contributed by atoms with Crippen LogP contribution in [0.25, 0.3) is 0 Å². The molecule has 17 heavy (non-hydrogen) atoms. The second-order valence-corrected chi connectivity index (χ2v) is 6.26. The summed E-state index contributed by atoms with van der Waals surface area (Å²) < 4.78 is 26.5. The van der Waals surface area contributed by atoms with E-state index in [0.717, 1.165) is 18.4 Å². The molecule has 1 aromatic heterocycles. The maximum atomic E-state index is 11.9. The fraction of sp³-hybridized carbons (Fsp3) is 0.545. The third-order valence-electron chi connectivity index (χ3n) is 3.00. The fourth-order valence-corrected chi connectivity index (χ4v) is 3.16. The molecule has 94 valence electrons. The molecule has 1 heterocycles. The lowest BCUT2D eigenvalue weighted by Gasteiger charge is -2.32. The van der Waals surface area contributed by atoms with E-state index in [-0.39, 0.29) is 11.1 Å². The van der Waals surface area contributed by atoms with Gasteiger partial charge in [0.2, 0.25) is 0 Å². The first-order valence-corrected chi connectivity index (χ1v) is 7.17. The molecule has 5 nitrogen and oxygen atoms in total. The van der Waals surface area contributed by atoms with Gasteiger partial charge in [-0.3, -0.25) is 0 Å². The molecule has 0 spiro atoms. The molecule has 2 rings (SSSR count). The van der Waals surface area contributed by atoms with Crippen LogP contribution in [0.5, 0.6) is 0 Å². The Bertz CT molecular complexity index is 478. The van der Waals surface area contributed by atoms with Crippen molar-refractivity contribution in [3.63, 3.8) is 0 Å². The van der Waals surface area contributed by atoms with Gasteiger partial charge < -0.3 is 5.73 Å². The maximum Gasteiger partial charge on any atom is 0.258 e. The highest BCUT2D eigenvalue weighted by Crippen LogP contribution is 2.27. The molecule has 3 N–H and O–H groups in total. The van der Waals surface area contributed by atoms with Crippen molar-refractivity contribution in [3.05, 3.63) is 23.9 Å². The zero-order valence-electron chi connectivity index (χ0n) is 9.76. The van der Waals surface area contributed by atoms with Gasteiger partial charge in [-0.2, -0.15) is 0 Å². The van der Waals surface area contributed by atoms with Gasteiger partial charge in [-0.05, 0) is 30.4 Å². The standard InChI is InChI=1S/C11H17N3O2S/c1-8-4-10(5-8)14-17(15,16)11-3-2-9(6-12)7-13-11/h2-3,7-8,10,14H,4-6,12H2,1H3. The van der Waals surface area contributed by atoms with Gasteiger partial charge in [-0.15, -0.1) is 0 Å². The van der Waals surface area contributed by atoms with E-state index < -0.39 is 10.0 Å². The summed E-state index contributed by atoms with van der Waals surface area (Å²) in [5, 5.41) is 0.0641. The van der Waals surface area contributed by atoms with Crippen molar-refractivity contribution >= 4 is 10.0 Å². The predicted octanol–water partition coefficient (Wildman–Crippen LogP) is 0.617. The van der Waals surface area contributed by atoms with Gasteiger partial charge in [0, 0.05) is 18.8 Å². The summed E-state index contributed by atoms with van der Waals surface area (Å²) in [5.41, 5.74) is 6.25. The van der Waals surface area contributed by atoms with Crippen LogP contribution in [0.3, 0.4) is 0 Å². The molecule has 0 bridgehead atoms. The van der Waals surface area contributed by atoms with Crippen LogP contribution in [0.1, 0.15) is 25.3 Å². The fourth-order valence-electron chi connectivity index (χ4n) is 1.97. The van der Waals surface area contributed by atoms with Crippen LogP contribution in [-0.2, 0) is 16.6 Å². The SMILES string of the molecule is CC1CC(NS(=O)(=O)c2ccc(CN)cn2)C1. The third kappa shape index (κ3) is 2.83. The molecule has 1 fully saturated rings. The summed E-state index contributed by atoms with van der Waals surface area (Å²) in [6.07, 6.45) is 3.30. The molecule has 1 aliphatic rings. The van der Waals surface area contributed by atoms with Gasteiger partial charge in [-0.1, -0.05) is 13.0 Å². The van der Waals surface area contributed by atoms with Crippen LogP contribution < -0.4 is 10.5 Å². The molecule has 1 aromatic rings. The van der Waals surface area contributed by atoms with E-state index >= 15 is 0 Å². The summed E-state index contributed by atoms with van der Waals surface area (Å²) in [6.45, 7) is 2.47. The van der Waals surface area contributed by atoms with E-state index in [0.29, 0.717) is 12.5 Å². The minimum Gasteiger partial charge on any atom is -0.326 e. The first-order chi connectivity index (χ1) is 8.01. The molecular weight excluding hydrogens is 238 g/mol. The number of nitrogens with zero attached hydrogens (tertiary/aromatic N) is 1. The number of nitrogens with two attached hydrogens (primary N) is 1. The van der Waals surface area contributed by atoms with E-state index in [1.54, 1.807) is 6.07 Å². The van der Waals surface area contributed by atoms with Crippen molar-refractivity contribution in [2.45, 2.75) is 37.4 Å². The Morgan fingerprint density at radius 1 is 1.47 bits per heavy atom. The number of rotatable bonds is 4. The number of hydrogen-bond donors (Lipinski definition) is 2. The van der Waals surface area contributed by atoms with Crippen LogP contribution in [-0.4, -0.2) is 19.4 Å². The molecule has 1 saturated carbocycles. The lowest BCUT2D eigenvalue weighted by atomic mass is 9.83. The van der Waals surface area contributed by atoms with Crippen molar-refractivity contribution in [1.29, 1.82) is 0 Å². The Kier molecular flexibility index (Phi) is 3.46. The van der Waals surface area contributed by atoms with Crippen molar-refractivity contribution in [1.82, 2.24) is 9.71 Å². The minimum absolute atomic E-state index is 0.0611. The lowest BCUT2D eigenvalue weighted by molar-refractivity contribution is 0.270. The van der Waals surface area contributed by atoms with Crippen LogP contribution in [0.4, 0.5) is 0 Å². The molecule has 0 aromatic carbocycles. The average Bonchev–Trinajstić information content (AvgIpc) is 2.27. The molecule has 6 heteroatoms. The highest BCUT2D eigenvalue weighted by molar-refractivity contribution is 7.89. The predicted molar refractivity (Wildman–Crippen MR) is 64.6 cm³/mol. The second kappa shape index (κ2) is 4.72. The zero-order chi connectivity index (χ0) is 12.5. The van der Waals surface area contributed by atoms with Crippen LogP contribution in [0.2, 0.25) is 0 Å². The topological polar surface area (TPSA) is 85.1 Å². The summed E-state index contributed by atoms with van der Waals surface area (Å²) in [5.74, 6) is 0.607. The van der Waals surface area contributed by atoms with Crippen molar-refractivity contribution in [3.8, 4) is 0 Å². The van der Waals surface area contributed by atoms with E-state index in [2.05, 4.69) is 16.6 Å². The van der Waals surface area contributed by atoms with Crippen molar-refractivity contribution in [2.75, 3.05) is 0 Å². The first-order valence-electron chi connectivity index (χ1n) is 5.68. The van der Waals surface area contributed by atoms with E-state index in [4.69, 9.17) is 5.73 Å². The summed E-state index contributed by atoms with van der Waals surface area (Å²) in [4.78, 5) is 3.92. The highest BCUT2D eigenvalue weighted by atomic mass is 32.2. The van der Waals surface area contributed by atoms with Crippen LogP contribution >= 0.6 is 0 Å². The van der Waals surface area contributed by atoms with Gasteiger partial charge >= 0.3 is 0 Å². The number of sulfonamides is 1. The monoisotopic (exact) mass is 255 g/mol. The summed E-state index contributed by atoms with van der Waals surface area (Å²) in [7, 11) is -3.47. The Balaban J connectivity index is 2.08. The second-order valence-electron chi connectivity index (χ2n) is 4.60. The van der Waals surface area contributed by atoms with E-state index in [1.165, 1.54) is 12.3 Å². The van der Waals surface area contributed by atoms with Gasteiger partial charge in [0.05, 0.1) is 0 Å². The van der Waals surface area contributed by atoms with E-state index in [9.17, 15) is 8.42 Å². The molecule has 0 saturated heterocycles. The summed E-state index contributed by atoms with van der Waals surface area (Å²) in [6, 6.07) is 3.24. The quantitative estimate of drug-likeness (QED) is 0.825. The molecule has 0 aliphatic heterocycles. The molecule has 0 radical (unpaired) electrons. The zero-order valence-corrected chi connectivity index (χ0v) is 10.6. The van der Waals surface area contributed by atoms with Gasteiger partial charge in [-0.25, -0.2) is 18.1 Å². The number of hydrogen-bond acceptors (Lipinski definition) is 4. The average molecular weight is 255 g/mol. The molecule has 0 unspecified atom stereocenters. The Labute approximate surface area is 101 Å². The Morgan fingerprint density at radius 3 is 2.65 bits per heavy atom. The maximum absolute atomic E-state index is 11.9. The van der Waals surface area contributed by atoms with Gasteiger partial charge in [0.25, 0.3) is 10.0 Å². The van der Waals surface area contributed by atoms with Gasteiger partial charge in [0.15, 0.2) is 5.03 Å². The lowest BCUT2D eigenvalue weighted by Crippen LogP contribution is -2.43. The first kappa shape index (κ1) is 12.5. The molecular formula is C11H17N3O2S. The third-order valence-corrected chi connectivity index (χ3v) is 4.44. The Hall–Kier alpha value is -0.980. The number of pyridine rings is 1. The van der Waals surface area contributed by atoms with Crippen molar-refractivity contribution < 1.29 is 8.42 Å². The normalized spacial score (nSPS) is 24.4. The van der Waals surface area contributed by atoms with E-state index in [1.807, 2.05) is 0 Å². The number of aromatic nitrogens is 1. The van der Waals surface area contributed by atoms with Crippen LogP contribution in [0.15, 0.2) is 23.4 Å². The number of nitrogens with one attached hydrogen (secondary N) is 1. The van der Waals surface area contributed by atoms with Crippen LogP contribution in [0, 0.1) is 5.92 Å². The van der Waals surface area contributed by atoms with Gasteiger partial charge in [0.1, 0.15) is 0 Å². The highest BCUT2D eigenvalue weighted by Gasteiger charge is 2.30. The summed E-state index contributed by atoms with van der Waals surface area (Å²) >= 11 is 0. The minimum atomic E-state index is -3.47. The Morgan fingerprint density at radius 2 is 2.18 bits per heavy atom. The largest absolute Gasteiger partial charge is 0.326 e.